The van der Waals surface area contributed by atoms with Gasteiger partial charge in [0.25, 0.3) is 0 Å². The van der Waals surface area contributed by atoms with E-state index in [1.54, 1.807) is 9.13 Å². The van der Waals surface area contributed by atoms with Gasteiger partial charge < -0.3 is 5.73 Å². The summed E-state index contributed by atoms with van der Waals surface area (Å²) in [5.41, 5.74) is 7.37. The first-order valence-electron chi connectivity index (χ1n) is 6.67. The molecule has 1 aromatic heterocycles. The summed E-state index contributed by atoms with van der Waals surface area (Å²) in [4.78, 5) is 12.1. The summed E-state index contributed by atoms with van der Waals surface area (Å²) in [5, 5.41) is 0. The highest BCUT2D eigenvalue weighted by Gasteiger charge is 2.06. The number of rotatable bonds is 3. The summed E-state index contributed by atoms with van der Waals surface area (Å²) in [6.45, 7) is 4.93. The highest BCUT2D eigenvalue weighted by molar-refractivity contribution is 5.36. The molecule has 0 aliphatic carbocycles. The van der Waals surface area contributed by atoms with Crippen LogP contribution in [-0.2, 0) is 6.54 Å². The number of nitrogens with zero attached hydrogens (tertiary/aromatic N) is 2. The van der Waals surface area contributed by atoms with Crippen LogP contribution in [0.1, 0.15) is 31.0 Å². The van der Waals surface area contributed by atoms with Gasteiger partial charge in [0.05, 0.1) is 13.1 Å². The predicted molar refractivity (Wildman–Crippen MR) is 80.6 cm³/mol. The van der Waals surface area contributed by atoms with Crippen molar-refractivity contribution in [2.24, 2.45) is 5.73 Å². The second kappa shape index (κ2) is 6.27. The zero-order valence-electron chi connectivity index (χ0n) is 11.8. The zero-order chi connectivity index (χ0) is 14.5. The molecule has 0 fully saturated rings. The Balaban J connectivity index is 2.16. The molecule has 0 atom stereocenters. The quantitative estimate of drug-likeness (QED) is 0.860. The molecular formula is C16H19N3O. The molecule has 0 saturated heterocycles. The topological polar surface area (TPSA) is 52.9 Å². The first-order chi connectivity index (χ1) is 9.61. The fourth-order valence-electron chi connectivity index (χ4n) is 1.98. The average Bonchev–Trinajstić information content (AvgIpc) is 2.79. The SMILES string of the molecule is CC(C)n1ccn(Cc2ccc(C#CCN)cc2)c1=O. The van der Waals surface area contributed by atoms with Gasteiger partial charge in [-0.2, -0.15) is 0 Å². The van der Waals surface area contributed by atoms with Crippen molar-refractivity contribution in [1.82, 2.24) is 9.13 Å². The van der Waals surface area contributed by atoms with Gasteiger partial charge in [-0.05, 0) is 31.5 Å². The lowest BCUT2D eigenvalue weighted by Gasteiger charge is -2.05. The van der Waals surface area contributed by atoms with Crippen LogP contribution < -0.4 is 11.4 Å². The Labute approximate surface area is 118 Å². The normalized spacial score (nSPS) is 10.4. The third-order valence-electron chi connectivity index (χ3n) is 3.07. The van der Waals surface area contributed by atoms with Crippen molar-refractivity contribution in [3.63, 3.8) is 0 Å². The lowest BCUT2D eigenvalue weighted by Crippen LogP contribution is -2.25. The molecule has 0 aliphatic heterocycles. The fraction of sp³-hybridized carbons (Fsp3) is 0.312. The van der Waals surface area contributed by atoms with E-state index in [2.05, 4.69) is 11.8 Å². The maximum Gasteiger partial charge on any atom is 0.328 e. The molecule has 20 heavy (non-hydrogen) atoms. The molecule has 0 saturated carbocycles. The summed E-state index contributed by atoms with van der Waals surface area (Å²) in [6, 6.07) is 8.04. The van der Waals surface area contributed by atoms with Crippen molar-refractivity contribution >= 4 is 0 Å². The minimum Gasteiger partial charge on any atom is -0.320 e. The molecule has 2 aromatic rings. The molecular weight excluding hydrogens is 250 g/mol. The first-order valence-corrected chi connectivity index (χ1v) is 6.67. The molecule has 0 bridgehead atoms. The van der Waals surface area contributed by atoms with E-state index >= 15 is 0 Å². The molecule has 1 heterocycles. The third kappa shape index (κ3) is 3.19. The molecule has 2 N–H and O–H groups in total. The van der Waals surface area contributed by atoms with Gasteiger partial charge in [0.1, 0.15) is 0 Å². The highest BCUT2D eigenvalue weighted by atomic mass is 16.1. The van der Waals surface area contributed by atoms with Crippen LogP contribution in [0.25, 0.3) is 0 Å². The molecule has 0 aliphatic rings. The molecule has 104 valence electrons. The smallest absolute Gasteiger partial charge is 0.320 e. The van der Waals surface area contributed by atoms with Crippen LogP contribution in [0.2, 0.25) is 0 Å². The first kappa shape index (κ1) is 14.2. The Hall–Kier alpha value is -2.25. The highest BCUT2D eigenvalue weighted by Crippen LogP contribution is 2.06. The van der Waals surface area contributed by atoms with Crippen LogP contribution in [0.3, 0.4) is 0 Å². The Morgan fingerprint density at radius 1 is 1.20 bits per heavy atom. The van der Waals surface area contributed by atoms with Crippen molar-refractivity contribution in [3.05, 3.63) is 58.3 Å². The van der Waals surface area contributed by atoms with Gasteiger partial charge in [-0.1, -0.05) is 24.0 Å². The average molecular weight is 269 g/mol. The summed E-state index contributed by atoms with van der Waals surface area (Å²) in [6.07, 6.45) is 3.65. The van der Waals surface area contributed by atoms with E-state index in [0.717, 1.165) is 11.1 Å². The van der Waals surface area contributed by atoms with Crippen molar-refractivity contribution in [3.8, 4) is 11.8 Å². The summed E-state index contributed by atoms with van der Waals surface area (Å²) < 4.78 is 3.43. The van der Waals surface area contributed by atoms with Crippen LogP contribution in [0, 0.1) is 11.8 Å². The number of aromatic nitrogens is 2. The van der Waals surface area contributed by atoms with Gasteiger partial charge in [-0.15, -0.1) is 0 Å². The van der Waals surface area contributed by atoms with Crippen LogP contribution >= 0.6 is 0 Å². The zero-order valence-corrected chi connectivity index (χ0v) is 11.8. The van der Waals surface area contributed by atoms with Gasteiger partial charge in [0.15, 0.2) is 0 Å². The van der Waals surface area contributed by atoms with Crippen LogP contribution in [-0.4, -0.2) is 15.7 Å². The van der Waals surface area contributed by atoms with E-state index in [-0.39, 0.29) is 11.7 Å². The number of imidazole rings is 1. The molecule has 0 unspecified atom stereocenters. The van der Waals surface area contributed by atoms with Gasteiger partial charge >= 0.3 is 5.69 Å². The van der Waals surface area contributed by atoms with Crippen molar-refractivity contribution < 1.29 is 0 Å². The largest absolute Gasteiger partial charge is 0.328 e. The molecule has 2 rings (SSSR count). The van der Waals surface area contributed by atoms with E-state index < -0.39 is 0 Å². The molecule has 1 aromatic carbocycles. The molecule has 4 nitrogen and oxygen atoms in total. The van der Waals surface area contributed by atoms with Gasteiger partial charge in [-0.3, -0.25) is 9.13 Å². The number of nitrogens with two attached hydrogens (primary N) is 1. The monoisotopic (exact) mass is 269 g/mol. The second-order valence-corrected chi connectivity index (χ2v) is 4.91. The lowest BCUT2D eigenvalue weighted by atomic mass is 10.1. The van der Waals surface area contributed by atoms with Crippen LogP contribution in [0.15, 0.2) is 41.5 Å². The van der Waals surface area contributed by atoms with E-state index in [1.807, 2.05) is 50.5 Å². The molecule has 0 amide bonds. The van der Waals surface area contributed by atoms with E-state index in [4.69, 9.17) is 5.73 Å². The predicted octanol–water partition coefficient (Wildman–Crippen LogP) is 1.59. The van der Waals surface area contributed by atoms with Crippen LogP contribution in [0.5, 0.6) is 0 Å². The molecule has 0 radical (unpaired) electrons. The summed E-state index contributed by atoms with van der Waals surface area (Å²) in [5.74, 6) is 5.80. The van der Waals surface area contributed by atoms with Gasteiger partial charge in [0.2, 0.25) is 0 Å². The minimum atomic E-state index is 0.0204. The fourth-order valence-corrected chi connectivity index (χ4v) is 1.98. The number of hydrogen-bond donors (Lipinski definition) is 1. The van der Waals surface area contributed by atoms with Gasteiger partial charge in [0, 0.05) is 24.0 Å². The standard InChI is InChI=1S/C16H19N3O/c1-13(2)19-11-10-18(16(19)20)12-15-7-5-14(6-8-15)4-3-9-17/h5-8,10-11,13H,9,12,17H2,1-2H3. The Morgan fingerprint density at radius 3 is 2.45 bits per heavy atom. The van der Waals surface area contributed by atoms with E-state index in [1.165, 1.54) is 0 Å². The number of hydrogen-bond acceptors (Lipinski definition) is 2. The van der Waals surface area contributed by atoms with E-state index in [0.29, 0.717) is 13.1 Å². The van der Waals surface area contributed by atoms with Crippen LogP contribution in [0.4, 0.5) is 0 Å². The maximum atomic E-state index is 12.1. The summed E-state index contributed by atoms with van der Waals surface area (Å²) >= 11 is 0. The Morgan fingerprint density at radius 2 is 1.90 bits per heavy atom. The van der Waals surface area contributed by atoms with Crippen molar-refractivity contribution in [1.29, 1.82) is 0 Å². The van der Waals surface area contributed by atoms with Crippen molar-refractivity contribution in [2.45, 2.75) is 26.4 Å². The lowest BCUT2D eigenvalue weighted by molar-refractivity contribution is 0.561. The minimum absolute atomic E-state index is 0.0204. The third-order valence-corrected chi connectivity index (χ3v) is 3.07. The molecule has 4 heteroatoms. The number of benzene rings is 1. The van der Waals surface area contributed by atoms with Gasteiger partial charge in [-0.25, -0.2) is 4.79 Å². The Kier molecular flexibility index (Phi) is 4.44. The van der Waals surface area contributed by atoms with E-state index in [9.17, 15) is 4.79 Å². The van der Waals surface area contributed by atoms with Crippen molar-refractivity contribution in [2.75, 3.05) is 6.54 Å². The maximum absolute atomic E-state index is 12.1. The summed E-state index contributed by atoms with van der Waals surface area (Å²) in [7, 11) is 0. The molecule has 0 spiro atoms. The Bertz CT molecular complexity index is 681. The second-order valence-electron chi connectivity index (χ2n) is 4.91.